The van der Waals surface area contributed by atoms with Gasteiger partial charge in [-0.3, -0.25) is 0 Å². The second-order valence-electron chi connectivity index (χ2n) is 15.0. The Balaban J connectivity index is 0.000000751. The van der Waals surface area contributed by atoms with Crippen molar-refractivity contribution in [2.45, 2.75) is 106 Å². The number of esters is 2. The van der Waals surface area contributed by atoms with E-state index in [-0.39, 0.29) is 24.4 Å². The first-order valence-electron chi connectivity index (χ1n) is 17.3. The van der Waals surface area contributed by atoms with Crippen LogP contribution in [-0.2, 0) is 18.8 Å². The van der Waals surface area contributed by atoms with Gasteiger partial charge in [-0.05, 0) is 129 Å². The highest BCUT2D eigenvalue weighted by Crippen LogP contribution is 2.36. The van der Waals surface area contributed by atoms with Crippen LogP contribution in [0.5, 0.6) is 0 Å². The van der Waals surface area contributed by atoms with Crippen LogP contribution in [0.2, 0.25) is 0 Å². The molecule has 0 bridgehead atoms. The maximum Gasteiger partial charge on any atom is 0.495 e. The van der Waals surface area contributed by atoms with Gasteiger partial charge in [0.05, 0.1) is 53.3 Å². The van der Waals surface area contributed by atoms with Gasteiger partial charge in [0.25, 0.3) is 0 Å². The van der Waals surface area contributed by atoms with Gasteiger partial charge >= 0.3 is 39.3 Å². The molecule has 0 unspecified atom stereocenters. The summed E-state index contributed by atoms with van der Waals surface area (Å²) in [5.74, 6) is -1.93. The van der Waals surface area contributed by atoms with Crippen molar-refractivity contribution in [1.82, 2.24) is 0 Å². The zero-order chi connectivity index (χ0) is 42.9. The van der Waals surface area contributed by atoms with Gasteiger partial charge in [0.15, 0.2) is 0 Å². The van der Waals surface area contributed by atoms with Crippen molar-refractivity contribution in [3.63, 3.8) is 0 Å². The second kappa shape index (κ2) is 20.9. The summed E-state index contributed by atoms with van der Waals surface area (Å²) >= 11 is 0. The molecule has 1 saturated heterocycles. The summed E-state index contributed by atoms with van der Waals surface area (Å²) < 4.78 is 21.3. The number of methoxy groups -OCH3 is 2. The van der Waals surface area contributed by atoms with Gasteiger partial charge < -0.3 is 54.2 Å². The van der Waals surface area contributed by atoms with E-state index in [2.05, 4.69) is 4.74 Å². The normalized spacial score (nSPS) is 13.9. The molecule has 0 radical (unpaired) electrons. The fraction of sp³-hybridized carbons (Fsp3) is 0.462. The number of hydrogen-bond donors (Lipinski definition) is 7. The Morgan fingerprint density at radius 2 is 0.946 bits per heavy atom. The van der Waals surface area contributed by atoms with E-state index >= 15 is 0 Å². The third-order valence-corrected chi connectivity index (χ3v) is 9.49. The standard InChI is InChI=1S/C15H21BO4.C9H11BO4.C8H9BO4.C6H14O2.CH4/c1-10-7-8-11(13(17)18-6)9-12(10)16-19-14(2,3)15(4,5)20-16;1-6-3-4-7(9(11)14-2)5-8(6)10(12)13;1-5-2-3-6(8(10)11)4-7(5)9(12)13;1-5(2,7)6(3,4)8;/h7-9H,1-6H3;3-5,12-13H,1-2H3;2-4,12-13H,1H3,(H,10,11);7-8H,1-4H3;1H4. The van der Waals surface area contributed by atoms with E-state index in [1.165, 1.54) is 38.5 Å². The van der Waals surface area contributed by atoms with E-state index in [9.17, 15) is 14.4 Å². The number of benzene rings is 3. The predicted molar refractivity (Wildman–Crippen MR) is 218 cm³/mol. The summed E-state index contributed by atoms with van der Waals surface area (Å²) in [6.07, 6.45) is 0. The molecule has 308 valence electrons. The fourth-order valence-electron chi connectivity index (χ4n) is 4.32. The smallest absolute Gasteiger partial charge is 0.478 e. The number of aromatic carboxylic acids is 1. The summed E-state index contributed by atoms with van der Waals surface area (Å²) in [6.45, 7) is 19.7. The third-order valence-electron chi connectivity index (χ3n) is 9.49. The summed E-state index contributed by atoms with van der Waals surface area (Å²) in [7, 11) is -1.02. The monoisotopic (exact) mass is 784 g/mol. The lowest BCUT2D eigenvalue weighted by molar-refractivity contribution is -0.107. The van der Waals surface area contributed by atoms with E-state index < -0.39 is 55.7 Å². The minimum atomic E-state index is -1.63. The molecule has 3 aromatic rings. The number of hydrogen-bond acceptors (Lipinski definition) is 13. The predicted octanol–water partition coefficient (Wildman–Crippen LogP) is 2.08. The molecule has 0 atom stereocenters. The van der Waals surface area contributed by atoms with Crippen LogP contribution in [0, 0.1) is 20.8 Å². The van der Waals surface area contributed by atoms with Gasteiger partial charge in [-0.2, -0.15) is 0 Å². The molecule has 56 heavy (non-hydrogen) atoms. The molecule has 0 saturated carbocycles. The van der Waals surface area contributed by atoms with Crippen LogP contribution in [0.25, 0.3) is 0 Å². The largest absolute Gasteiger partial charge is 0.495 e. The third kappa shape index (κ3) is 14.5. The Bertz CT molecular complexity index is 1750. The Morgan fingerprint density at radius 1 is 0.625 bits per heavy atom. The average molecular weight is 784 g/mol. The number of aryl methyl sites for hydroxylation is 3. The summed E-state index contributed by atoms with van der Waals surface area (Å²) in [5.41, 5.74) is 1.84. The number of rotatable bonds is 7. The number of aliphatic hydroxyl groups is 2. The van der Waals surface area contributed by atoms with Gasteiger partial charge in [-0.1, -0.05) is 42.3 Å². The minimum Gasteiger partial charge on any atom is -0.478 e. The van der Waals surface area contributed by atoms with Crippen LogP contribution in [0.1, 0.15) is 111 Å². The van der Waals surface area contributed by atoms with Gasteiger partial charge in [0.2, 0.25) is 0 Å². The lowest BCUT2D eigenvalue weighted by Crippen LogP contribution is -2.44. The number of carboxylic acids is 1. The van der Waals surface area contributed by atoms with Crippen LogP contribution < -0.4 is 16.4 Å². The highest BCUT2D eigenvalue weighted by molar-refractivity contribution is 6.62. The molecular weight excluding hydrogens is 725 g/mol. The Labute approximate surface area is 331 Å². The van der Waals surface area contributed by atoms with Crippen molar-refractivity contribution in [3.05, 3.63) is 88.0 Å². The molecular formula is C39H59B3O14. The van der Waals surface area contributed by atoms with Gasteiger partial charge in [0, 0.05) is 0 Å². The zero-order valence-corrected chi connectivity index (χ0v) is 33.9. The van der Waals surface area contributed by atoms with E-state index in [0.717, 1.165) is 11.0 Å². The van der Waals surface area contributed by atoms with E-state index in [4.69, 9.17) is 49.5 Å². The van der Waals surface area contributed by atoms with E-state index in [1.807, 2.05) is 40.7 Å². The van der Waals surface area contributed by atoms with E-state index in [1.54, 1.807) is 65.8 Å². The van der Waals surface area contributed by atoms with Crippen molar-refractivity contribution in [2.75, 3.05) is 14.2 Å². The van der Waals surface area contributed by atoms with Crippen LogP contribution in [-0.4, -0.2) is 111 Å². The van der Waals surface area contributed by atoms with Crippen molar-refractivity contribution in [2.24, 2.45) is 0 Å². The molecule has 0 aliphatic carbocycles. The first kappa shape index (κ1) is 51.9. The van der Waals surface area contributed by atoms with Gasteiger partial charge in [-0.15, -0.1) is 0 Å². The van der Waals surface area contributed by atoms with Crippen molar-refractivity contribution in [1.29, 1.82) is 0 Å². The first-order chi connectivity index (χ1) is 25.0. The molecule has 17 heteroatoms. The van der Waals surface area contributed by atoms with Crippen LogP contribution in [0.15, 0.2) is 54.6 Å². The topological polar surface area (TPSA) is 230 Å². The number of carboxylic acid groups (broad SMARTS) is 1. The molecule has 1 aliphatic heterocycles. The lowest BCUT2D eigenvalue weighted by atomic mass is 9.75. The minimum absolute atomic E-state index is 0. The molecule has 1 fully saturated rings. The molecule has 3 aromatic carbocycles. The lowest BCUT2D eigenvalue weighted by Gasteiger charge is -2.32. The maximum absolute atomic E-state index is 11.6. The number of ether oxygens (including phenoxy) is 2. The highest BCUT2D eigenvalue weighted by Gasteiger charge is 2.52. The summed E-state index contributed by atoms with van der Waals surface area (Å²) in [6, 6.07) is 14.2. The first-order valence-corrected chi connectivity index (χ1v) is 17.3. The highest BCUT2D eigenvalue weighted by atomic mass is 16.7. The maximum atomic E-state index is 11.6. The Kier molecular flexibility index (Phi) is 19.4. The molecule has 7 N–H and O–H groups in total. The van der Waals surface area contributed by atoms with Crippen LogP contribution in [0.4, 0.5) is 0 Å². The fourth-order valence-corrected chi connectivity index (χ4v) is 4.32. The summed E-state index contributed by atoms with van der Waals surface area (Å²) in [4.78, 5) is 33.3. The number of carbonyl (C=O) groups excluding carboxylic acids is 2. The molecule has 0 aromatic heterocycles. The van der Waals surface area contributed by atoms with Gasteiger partial charge in [-0.25, -0.2) is 14.4 Å². The Hall–Kier alpha value is -4.06. The van der Waals surface area contributed by atoms with Crippen molar-refractivity contribution >= 4 is 55.7 Å². The molecule has 0 spiro atoms. The van der Waals surface area contributed by atoms with Gasteiger partial charge in [0.1, 0.15) is 0 Å². The molecule has 14 nitrogen and oxygen atoms in total. The van der Waals surface area contributed by atoms with Crippen molar-refractivity contribution < 1.29 is 68.6 Å². The molecule has 1 heterocycles. The zero-order valence-electron chi connectivity index (χ0n) is 33.9. The molecule has 1 aliphatic rings. The average Bonchev–Trinajstić information content (AvgIpc) is 3.29. The van der Waals surface area contributed by atoms with E-state index in [0.29, 0.717) is 27.7 Å². The SMILES string of the molecule is C.CC(C)(O)C(C)(C)O.COC(=O)c1ccc(C)c(B(O)O)c1.COC(=O)c1ccc(C)c(B2OC(C)(C)C(C)(C)O2)c1.Cc1ccc(C(=O)O)cc1B(O)O. The Morgan fingerprint density at radius 3 is 1.27 bits per heavy atom. The van der Waals surface area contributed by atoms with Crippen LogP contribution >= 0.6 is 0 Å². The summed E-state index contributed by atoms with van der Waals surface area (Å²) in [5, 5.41) is 62.5. The van der Waals surface area contributed by atoms with Crippen LogP contribution in [0.3, 0.4) is 0 Å². The van der Waals surface area contributed by atoms with Crippen molar-refractivity contribution in [3.8, 4) is 0 Å². The molecule has 0 amide bonds. The second-order valence-corrected chi connectivity index (χ2v) is 15.0. The number of carbonyl (C=O) groups is 3. The quantitative estimate of drug-likeness (QED) is 0.135. The molecule has 4 rings (SSSR count).